The number of hydrogen-bond acceptors (Lipinski definition) is 5. The standard InChI is InChI=1S/C25H33BrN2O5/c1-7-9-10-11-13-28(25(3,4)5)23(30)22(29)27-14-12-17-15-20(32-6)19(26)16-18(17)21(27)24(31)33-8-2/h1,15-16,21H,8-14H2,2-6H3. The fourth-order valence-corrected chi connectivity index (χ4v) is 4.47. The zero-order valence-corrected chi connectivity index (χ0v) is 21.7. The van der Waals surface area contributed by atoms with Crippen LogP contribution >= 0.6 is 15.9 Å². The third kappa shape index (κ3) is 6.29. The molecule has 0 radical (unpaired) electrons. The smallest absolute Gasteiger partial charge is 0.333 e. The molecule has 2 rings (SSSR count). The number of carbonyl (C=O) groups is 3. The number of esters is 1. The van der Waals surface area contributed by atoms with Crippen molar-refractivity contribution in [3.05, 3.63) is 27.7 Å². The largest absolute Gasteiger partial charge is 0.496 e. The Morgan fingerprint density at radius 2 is 1.97 bits per heavy atom. The third-order valence-electron chi connectivity index (χ3n) is 5.60. The Hall–Kier alpha value is -2.53. The van der Waals surface area contributed by atoms with Gasteiger partial charge in [-0.15, -0.1) is 12.3 Å². The summed E-state index contributed by atoms with van der Waals surface area (Å²) in [7, 11) is 1.57. The van der Waals surface area contributed by atoms with Crippen molar-refractivity contribution in [2.45, 2.75) is 65.0 Å². The molecule has 1 aromatic rings. The molecule has 7 nitrogen and oxygen atoms in total. The molecule has 0 saturated heterocycles. The highest BCUT2D eigenvalue weighted by Gasteiger charge is 2.42. The Morgan fingerprint density at radius 3 is 2.55 bits per heavy atom. The first kappa shape index (κ1) is 26.7. The number of carbonyl (C=O) groups excluding carboxylic acids is 3. The van der Waals surface area contributed by atoms with Gasteiger partial charge < -0.3 is 19.3 Å². The van der Waals surface area contributed by atoms with Crippen molar-refractivity contribution >= 4 is 33.7 Å². The van der Waals surface area contributed by atoms with Crippen LogP contribution in [-0.4, -0.2) is 59.9 Å². The minimum atomic E-state index is -1.00. The van der Waals surface area contributed by atoms with E-state index < -0.39 is 29.4 Å². The van der Waals surface area contributed by atoms with Crippen LogP contribution in [0, 0.1) is 12.3 Å². The number of halogens is 1. The minimum Gasteiger partial charge on any atom is -0.496 e. The van der Waals surface area contributed by atoms with E-state index in [1.807, 2.05) is 26.8 Å². The molecule has 1 aliphatic heterocycles. The summed E-state index contributed by atoms with van der Waals surface area (Å²) in [5, 5.41) is 0. The number of rotatable bonds is 7. The molecule has 8 heteroatoms. The summed E-state index contributed by atoms with van der Waals surface area (Å²) in [6.07, 6.45) is 7.89. The number of unbranched alkanes of at least 4 members (excludes halogenated alkanes) is 2. The van der Waals surface area contributed by atoms with Gasteiger partial charge in [0.15, 0.2) is 6.04 Å². The van der Waals surface area contributed by atoms with Crippen LogP contribution in [0.25, 0.3) is 0 Å². The van der Waals surface area contributed by atoms with Crippen molar-refractivity contribution in [1.82, 2.24) is 9.80 Å². The Kier molecular flexibility index (Phi) is 9.35. The van der Waals surface area contributed by atoms with Crippen LogP contribution in [0.4, 0.5) is 0 Å². The maximum Gasteiger partial charge on any atom is 0.333 e. The van der Waals surface area contributed by atoms with Crippen LogP contribution in [0.15, 0.2) is 16.6 Å². The molecule has 0 spiro atoms. The number of ether oxygens (including phenoxy) is 2. The van der Waals surface area contributed by atoms with E-state index in [1.165, 1.54) is 4.90 Å². The Bertz CT molecular complexity index is 932. The molecule has 0 N–H and O–H groups in total. The lowest BCUT2D eigenvalue weighted by atomic mass is 9.91. The normalized spacial score (nSPS) is 15.3. The second kappa shape index (κ2) is 11.6. The monoisotopic (exact) mass is 520 g/mol. The van der Waals surface area contributed by atoms with Crippen LogP contribution < -0.4 is 4.74 Å². The van der Waals surface area contributed by atoms with Gasteiger partial charge in [0, 0.05) is 25.0 Å². The number of terminal acetylenes is 1. The third-order valence-corrected chi connectivity index (χ3v) is 6.22. The average Bonchev–Trinajstić information content (AvgIpc) is 2.76. The molecule has 1 aliphatic rings. The van der Waals surface area contributed by atoms with Crippen LogP contribution in [0.5, 0.6) is 5.75 Å². The van der Waals surface area contributed by atoms with Gasteiger partial charge in [-0.05, 0) is 86.1 Å². The number of nitrogens with zero attached hydrogens (tertiary/aromatic N) is 2. The summed E-state index contributed by atoms with van der Waals surface area (Å²) < 4.78 is 11.3. The van der Waals surface area contributed by atoms with E-state index in [9.17, 15) is 14.4 Å². The highest BCUT2D eigenvalue weighted by molar-refractivity contribution is 9.10. The maximum atomic E-state index is 13.5. The highest BCUT2D eigenvalue weighted by atomic mass is 79.9. The number of fused-ring (bicyclic) bond motifs is 1. The highest BCUT2D eigenvalue weighted by Crippen LogP contribution is 2.37. The number of methoxy groups -OCH3 is 1. The van der Waals surface area contributed by atoms with Crippen LogP contribution in [0.1, 0.15) is 64.1 Å². The lowest BCUT2D eigenvalue weighted by Crippen LogP contribution is -2.55. The molecule has 180 valence electrons. The molecule has 0 saturated carbocycles. The molecular weight excluding hydrogens is 488 g/mol. The van der Waals surface area contributed by atoms with Gasteiger partial charge >= 0.3 is 17.8 Å². The molecule has 1 aromatic carbocycles. The Balaban J connectivity index is 2.40. The first-order valence-corrected chi connectivity index (χ1v) is 11.9. The van der Waals surface area contributed by atoms with Crippen molar-refractivity contribution in [1.29, 1.82) is 0 Å². The molecule has 0 aliphatic carbocycles. The summed E-state index contributed by atoms with van der Waals surface area (Å²) in [6.45, 7) is 8.17. The van der Waals surface area contributed by atoms with Crippen molar-refractivity contribution in [2.24, 2.45) is 0 Å². The van der Waals surface area contributed by atoms with E-state index in [4.69, 9.17) is 15.9 Å². The van der Waals surface area contributed by atoms with Gasteiger partial charge in [-0.2, -0.15) is 0 Å². The minimum absolute atomic E-state index is 0.168. The van der Waals surface area contributed by atoms with Crippen molar-refractivity contribution in [3.63, 3.8) is 0 Å². The quantitative estimate of drug-likeness (QED) is 0.236. The number of amides is 2. The second-order valence-electron chi connectivity index (χ2n) is 8.88. The van der Waals surface area contributed by atoms with Gasteiger partial charge in [0.1, 0.15) is 5.75 Å². The molecular formula is C25H33BrN2O5. The van der Waals surface area contributed by atoms with Gasteiger partial charge in [-0.1, -0.05) is 0 Å². The molecule has 2 amide bonds. The molecule has 1 atom stereocenters. The van der Waals surface area contributed by atoms with Crippen molar-refractivity contribution < 1.29 is 23.9 Å². The van der Waals surface area contributed by atoms with E-state index in [-0.39, 0.29) is 13.2 Å². The van der Waals surface area contributed by atoms with Crippen LogP contribution in [0.2, 0.25) is 0 Å². The SMILES string of the molecule is C#CCCCCN(C(=O)C(=O)N1CCc2cc(OC)c(Br)cc2C1C(=O)OCC)C(C)(C)C. The van der Waals surface area contributed by atoms with E-state index in [2.05, 4.69) is 21.9 Å². The number of hydrogen-bond donors (Lipinski definition) is 0. The van der Waals surface area contributed by atoms with E-state index >= 15 is 0 Å². The zero-order chi connectivity index (χ0) is 24.8. The van der Waals surface area contributed by atoms with Crippen LogP contribution in [-0.2, 0) is 25.5 Å². The lowest BCUT2D eigenvalue weighted by Gasteiger charge is -2.39. The fourth-order valence-electron chi connectivity index (χ4n) is 3.95. The fraction of sp³-hybridized carbons (Fsp3) is 0.560. The summed E-state index contributed by atoms with van der Waals surface area (Å²) in [4.78, 5) is 42.7. The predicted molar refractivity (Wildman–Crippen MR) is 130 cm³/mol. The lowest BCUT2D eigenvalue weighted by molar-refractivity contribution is -0.162. The van der Waals surface area contributed by atoms with E-state index in [0.29, 0.717) is 41.6 Å². The predicted octanol–water partition coefficient (Wildman–Crippen LogP) is 3.88. The molecule has 1 heterocycles. The molecule has 0 bridgehead atoms. The van der Waals surface area contributed by atoms with Crippen molar-refractivity contribution in [3.8, 4) is 18.1 Å². The Labute approximate surface area is 204 Å². The van der Waals surface area contributed by atoms with Gasteiger partial charge in [0.25, 0.3) is 0 Å². The maximum absolute atomic E-state index is 13.5. The topological polar surface area (TPSA) is 76.2 Å². The Morgan fingerprint density at radius 1 is 1.27 bits per heavy atom. The number of benzene rings is 1. The zero-order valence-electron chi connectivity index (χ0n) is 20.1. The average molecular weight is 521 g/mol. The second-order valence-corrected chi connectivity index (χ2v) is 9.73. The van der Waals surface area contributed by atoms with E-state index in [1.54, 1.807) is 25.0 Å². The summed E-state index contributed by atoms with van der Waals surface area (Å²) in [6, 6.07) is 2.61. The summed E-state index contributed by atoms with van der Waals surface area (Å²) >= 11 is 3.46. The van der Waals surface area contributed by atoms with Gasteiger partial charge in [-0.3, -0.25) is 9.59 Å². The summed E-state index contributed by atoms with van der Waals surface area (Å²) in [5.74, 6) is 1.33. The van der Waals surface area contributed by atoms with Gasteiger partial charge in [0.2, 0.25) is 0 Å². The van der Waals surface area contributed by atoms with Gasteiger partial charge in [0.05, 0.1) is 18.2 Å². The van der Waals surface area contributed by atoms with Crippen LogP contribution in [0.3, 0.4) is 0 Å². The molecule has 0 aromatic heterocycles. The molecule has 0 fully saturated rings. The van der Waals surface area contributed by atoms with E-state index in [0.717, 1.165) is 12.0 Å². The molecule has 1 unspecified atom stereocenters. The first-order chi connectivity index (χ1) is 15.6. The van der Waals surface area contributed by atoms with Crippen molar-refractivity contribution in [2.75, 3.05) is 26.8 Å². The first-order valence-electron chi connectivity index (χ1n) is 11.2. The van der Waals surface area contributed by atoms with Gasteiger partial charge in [-0.25, -0.2) is 4.79 Å². The molecule has 33 heavy (non-hydrogen) atoms. The summed E-state index contributed by atoms with van der Waals surface area (Å²) in [5.41, 5.74) is 0.947.